The van der Waals surface area contributed by atoms with Crippen molar-refractivity contribution in [2.45, 2.75) is 104 Å². The molecule has 2 nitrogen and oxygen atoms in total. The molecule has 0 saturated heterocycles. The molecule has 8 atom stereocenters. The molecule has 0 amide bonds. The molecule has 4 aliphatic rings. The zero-order valence-corrected chi connectivity index (χ0v) is 18.2. The summed E-state index contributed by atoms with van der Waals surface area (Å²) in [5.74, 6) is 5.25. The Labute approximate surface area is 167 Å². The van der Waals surface area contributed by atoms with Crippen molar-refractivity contribution >= 4 is 0 Å². The van der Waals surface area contributed by atoms with Gasteiger partial charge in [0.25, 0.3) is 0 Å². The van der Waals surface area contributed by atoms with Crippen LogP contribution in [0.5, 0.6) is 0 Å². The van der Waals surface area contributed by atoms with Gasteiger partial charge in [-0.1, -0.05) is 25.5 Å². The van der Waals surface area contributed by atoms with Crippen molar-refractivity contribution in [3.63, 3.8) is 0 Å². The fourth-order valence-corrected chi connectivity index (χ4v) is 8.03. The van der Waals surface area contributed by atoms with Gasteiger partial charge in [0, 0.05) is 5.54 Å². The number of hydrogen-bond acceptors (Lipinski definition) is 2. The molecule has 3 N–H and O–H groups in total. The van der Waals surface area contributed by atoms with Gasteiger partial charge in [-0.05, 0) is 119 Å². The van der Waals surface area contributed by atoms with E-state index in [2.05, 4.69) is 33.8 Å². The average molecular weight is 374 g/mol. The Kier molecular flexibility index (Phi) is 5.30. The van der Waals surface area contributed by atoms with Crippen molar-refractivity contribution in [1.29, 1.82) is 0 Å². The first-order valence-electron chi connectivity index (χ1n) is 11.8. The highest BCUT2D eigenvalue weighted by atomic mass is 16.3. The molecule has 0 aromatic carbocycles. The second-order valence-electron chi connectivity index (χ2n) is 11.7. The summed E-state index contributed by atoms with van der Waals surface area (Å²) in [4.78, 5) is 0. The van der Waals surface area contributed by atoms with Gasteiger partial charge in [-0.2, -0.15) is 0 Å². The maximum Gasteiger partial charge on any atom is 0.0577 e. The average Bonchev–Trinajstić information content (AvgIpc) is 2.96. The van der Waals surface area contributed by atoms with Crippen LogP contribution in [0.4, 0.5) is 0 Å². The summed E-state index contributed by atoms with van der Waals surface area (Å²) in [6, 6.07) is 0. The standard InChI is InChI=1S/C25H43NO/c1-16(11-13-24(2,3)26)22-9-10-23-21-7-5-17-15-18(27)6-8-19(17)20(21)12-14-25(22,23)4/h5,16,18-23,27H,6-15,26H2,1-4H3. The van der Waals surface area contributed by atoms with Crippen LogP contribution in [0.25, 0.3) is 0 Å². The van der Waals surface area contributed by atoms with Gasteiger partial charge in [0.2, 0.25) is 0 Å². The Balaban J connectivity index is 1.48. The Morgan fingerprint density at radius 3 is 2.70 bits per heavy atom. The highest BCUT2D eigenvalue weighted by molar-refractivity contribution is 5.20. The third kappa shape index (κ3) is 3.66. The highest BCUT2D eigenvalue weighted by Crippen LogP contribution is 2.64. The van der Waals surface area contributed by atoms with Crippen LogP contribution in [0.15, 0.2) is 11.6 Å². The second kappa shape index (κ2) is 7.17. The number of nitrogens with two attached hydrogens (primary N) is 1. The Morgan fingerprint density at radius 2 is 1.96 bits per heavy atom. The summed E-state index contributed by atoms with van der Waals surface area (Å²) in [7, 11) is 0. The lowest BCUT2D eigenvalue weighted by Crippen LogP contribution is -2.47. The molecule has 0 radical (unpaired) electrons. The SMILES string of the molecule is CC(CCC(C)(C)N)C1CCC2C3CC=C4CC(O)CCC4C3CCC12C. The van der Waals surface area contributed by atoms with Gasteiger partial charge in [-0.15, -0.1) is 0 Å². The first kappa shape index (κ1) is 20.0. The fraction of sp³-hybridized carbons (Fsp3) is 0.920. The summed E-state index contributed by atoms with van der Waals surface area (Å²) in [6.45, 7) is 9.52. The van der Waals surface area contributed by atoms with Crippen molar-refractivity contribution in [1.82, 2.24) is 0 Å². The smallest absolute Gasteiger partial charge is 0.0577 e. The largest absolute Gasteiger partial charge is 0.393 e. The summed E-state index contributed by atoms with van der Waals surface area (Å²) in [5.41, 5.74) is 8.43. The van der Waals surface area contributed by atoms with Gasteiger partial charge in [0.1, 0.15) is 0 Å². The molecule has 2 heteroatoms. The van der Waals surface area contributed by atoms with Crippen LogP contribution in [0, 0.1) is 40.9 Å². The normalized spacial score (nSPS) is 45.5. The predicted molar refractivity (Wildman–Crippen MR) is 113 cm³/mol. The quantitative estimate of drug-likeness (QED) is 0.622. The molecule has 154 valence electrons. The monoisotopic (exact) mass is 373 g/mol. The molecule has 0 heterocycles. The molecule has 3 saturated carbocycles. The Morgan fingerprint density at radius 1 is 1.19 bits per heavy atom. The Hall–Kier alpha value is -0.340. The van der Waals surface area contributed by atoms with E-state index < -0.39 is 0 Å². The van der Waals surface area contributed by atoms with E-state index in [1.807, 2.05) is 0 Å². The minimum absolute atomic E-state index is 0.0268. The number of allylic oxidation sites excluding steroid dienone is 1. The zero-order chi connectivity index (χ0) is 19.4. The molecule has 4 aliphatic carbocycles. The zero-order valence-electron chi connectivity index (χ0n) is 18.2. The van der Waals surface area contributed by atoms with Gasteiger partial charge < -0.3 is 10.8 Å². The molecular weight excluding hydrogens is 330 g/mol. The molecule has 27 heavy (non-hydrogen) atoms. The summed E-state index contributed by atoms with van der Waals surface area (Å²) in [5, 5.41) is 10.1. The van der Waals surface area contributed by atoms with E-state index >= 15 is 0 Å². The minimum Gasteiger partial charge on any atom is -0.393 e. The van der Waals surface area contributed by atoms with E-state index in [4.69, 9.17) is 5.73 Å². The van der Waals surface area contributed by atoms with E-state index in [1.165, 1.54) is 44.9 Å². The van der Waals surface area contributed by atoms with Crippen LogP contribution in [0.3, 0.4) is 0 Å². The van der Waals surface area contributed by atoms with Crippen LogP contribution in [-0.4, -0.2) is 16.7 Å². The van der Waals surface area contributed by atoms with Gasteiger partial charge >= 0.3 is 0 Å². The first-order chi connectivity index (χ1) is 12.7. The number of rotatable bonds is 4. The summed E-state index contributed by atoms with van der Waals surface area (Å²) in [6.07, 6.45) is 15.2. The molecule has 8 unspecified atom stereocenters. The van der Waals surface area contributed by atoms with E-state index in [0.29, 0.717) is 5.41 Å². The van der Waals surface area contributed by atoms with Crippen LogP contribution >= 0.6 is 0 Å². The van der Waals surface area contributed by atoms with E-state index in [-0.39, 0.29) is 11.6 Å². The van der Waals surface area contributed by atoms with E-state index in [9.17, 15) is 5.11 Å². The number of aliphatic hydroxyl groups excluding tert-OH is 1. The van der Waals surface area contributed by atoms with Crippen molar-refractivity contribution in [2.24, 2.45) is 46.7 Å². The second-order valence-corrected chi connectivity index (χ2v) is 11.7. The van der Waals surface area contributed by atoms with E-state index in [0.717, 1.165) is 54.8 Å². The summed E-state index contributed by atoms with van der Waals surface area (Å²) < 4.78 is 0. The van der Waals surface area contributed by atoms with Gasteiger partial charge in [0.05, 0.1) is 6.10 Å². The topological polar surface area (TPSA) is 46.2 Å². The number of fused-ring (bicyclic) bond motifs is 5. The van der Waals surface area contributed by atoms with Crippen molar-refractivity contribution < 1.29 is 5.11 Å². The van der Waals surface area contributed by atoms with Gasteiger partial charge in [-0.3, -0.25) is 0 Å². The molecule has 3 fully saturated rings. The maximum absolute atomic E-state index is 10.1. The molecular formula is C25H43NO. The van der Waals surface area contributed by atoms with Crippen molar-refractivity contribution in [3.8, 4) is 0 Å². The fourth-order valence-electron chi connectivity index (χ4n) is 8.03. The molecule has 0 aromatic heterocycles. The van der Waals surface area contributed by atoms with Gasteiger partial charge in [-0.25, -0.2) is 0 Å². The van der Waals surface area contributed by atoms with Crippen molar-refractivity contribution in [3.05, 3.63) is 11.6 Å². The third-order valence-corrected chi connectivity index (χ3v) is 9.42. The maximum atomic E-state index is 10.1. The molecule has 0 aromatic rings. The lowest BCUT2D eigenvalue weighted by molar-refractivity contribution is -0.0297. The molecule has 4 rings (SSSR count). The third-order valence-electron chi connectivity index (χ3n) is 9.42. The van der Waals surface area contributed by atoms with Crippen molar-refractivity contribution in [2.75, 3.05) is 0 Å². The number of aliphatic hydroxyl groups is 1. The lowest BCUT2D eigenvalue weighted by Gasteiger charge is -2.54. The lowest BCUT2D eigenvalue weighted by atomic mass is 9.51. The van der Waals surface area contributed by atoms with Crippen LogP contribution in [0.2, 0.25) is 0 Å². The minimum atomic E-state index is -0.0681. The van der Waals surface area contributed by atoms with Gasteiger partial charge in [0.15, 0.2) is 0 Å². The molecule has 0 bridgehead atoms. The van der Waals surface area contributed by atoms with Crippen LogP contribution < -0.4 is 5.73 Å². The Bertz CT molecular complexity index is 575. The highest BCUT2D eigenvalue weighted by Gasteiger charge is 2.56. The van der Waals surface area contributed by atoms with Crippen LogP contribution in [-0.2, 0) is 0 Å². The molecule has 0 spiro atoms. The predicted octanol–water partition coefficient (Wildman–Crippen LogP) is 5.69. The van der Waals surface area contributed by atoms with Crippen LogP contribution in [0.1, 0.15) is 91.9 Å². The first-order valence-corrected chi connectivity index (χ1v) is 11.8. The van der Waals surface area contributed by atoms with E-state index in [1.54, 1.807) is 5.57 Å². The summed E-state index contributed by atoms with van der Waals surface area (Å²) >= 11 is 0. The molecule has 0 aliphatic heterocycles. The number of hydrogen-bond donors (Lipinski definition) is 2.